The van der Waals surface area contributed by atoms with E-state index < -0.39 is 10.0 Å². The number of rotatable bonds is 3. The second kappa shape index (κ2) is 6.55. The van der Waals surface area contributed by atoms with Gasteiger partial charge in [-0.15, -0.1) is 0 Å². The molecule has 0 unspecified atom stereocenters. The summed E-state index contributed by atoms with van der Waals surface area (Å²) in [5.74, 6) is 0. The fourth-order valence-corrected chi connectivity index (χ4v) is 4.36. The van der Waals surface area contributed by atoms with Gasteiger partial charge in [-0.05, 0) is 59.0 Å². The largest absolute Gasteiger partial charge is 0.369 e. The summed E-state index contributed by atoms with van der Waals surface area (Å²) in [4.78, 5) is 2.60. The van der Waals surface area contributed by atoms with E-state index in [0.717, 1.165) is 9.26 Å². The smallest absolute Gasteiger partial charge is 0.243 e. The molecule has 1 fully saturated rings. The van der Waals surface area contributed by atoms with Crippen molar-refractivity contribution in [1.82, 2.24) is 4.31 Å². The highest BCUT2D eigenvalue weighted by atomic mass is 127. The first-order valence-corrected chi connectivity index (χ1v) is 9.65. The fourth-order valence-electron chi connectivity index (χ4n) is 2.58. The van der Waals surface area contributed by atoms with E-state index >= 15 is 0 Å². The highest BCUT2D eigenvalue weighted by molar-refractivity contribution is 14.1. The SMILES string of the molecule is O=S(=O)(c1ccc(I)cc1)N1CCN(c2ccccc2)CC1. The number of piperazine rings is 1. The minimum atomic E-state index is -3.38. The lowest BCUT2D eigenvalue weighted by Crippen LogP contribution is -2.48. The van der Waals surface area contributed by atoms with Crippen LogP contribution in [0.1, 0.15) is 0 Å². The molecule has 3 rings (SSSR count). The third-order valence-electron chi connectivity index (χ3n) is 3.81. The molecule has 6 heteroatoms. The van der Waals surface area contributed by atoms with E-state index in [-0.39, 0.29) is 0 Å². The number of benzene rings is 2. The first-order chi connectivity index (χ1) is 10.6. The average molecular weight is 428 g/mol. The third-order valence-corrected chi connectivity index (χ3v) is 6.44. The van der Waals surface area contributed by atoms with Crippen LogP contribution in [0.2, 0.25) is 0 Å². The molecule has 2 aromatic rings. The molecule has 1 saturated heterocycles. The number of hydrogen-bond donors (Lipinski definition) is 0. The molecule has 1 heterocycles. The molecule has 0 N–H and O–H groups in total. The summed E-state index contributed by atoms with van der Waals surface area (Å²) >= 11 is 2.17. The van der Waals surface area contributed by atoms with Crippen LogP contribution in [0.4, 0.5) is 5.69 Å². The van der Waals surface area contributed by atoms with Gasteiger partial charge < -0.3 is 4.90 Å². The minimum Gasteiger partial charge on any atom is -0.369 e. The van der Waals surface area contributed by atoms with Gasteiger partial charge in [0.05, 0.1) is 4.90 Å². The molecule has 116 valence electrons. The van der Waals surface area contributed by atoms with Gasteiger partial charge in [-0.2, -0.15) is 4.31 Å². The van der Waals surface area contributed by atoms with Crippen molar-refractivity contribution in [3.05, 3.63) is 58.2 Å². The summed E-state index contributed by atoms with van der Waals surface area (Å²) in [5, 5.41) is 0. The molecule has 0 amide bonds. The van der Waals surface area contributed by atoms with Gasteiger partial charge in [0, 0.05) is 35.4 Å². The van der Waals surface area contributed by atoms with Crippen molar-refractivity contribution in [3.8, 4) is 0 Å². The predicted octanol–water partition coefficient (Wildman–Crippen LogP) is 2.80. The number of anilines is 1. The van der Waals surface area contributed by atoms with E-state index in [1.807, 2.05) is 30.3 Å². The van der Waals surface area contributed by atoms with Crippen molar-refractivity contribution in [2.24, 2.45) is 0 Å². The maximum Gasteiger partial charge on any atom is 0.243 e. The highest BCUT2D eigenvalue weighted by Gasteiger charge is 2.28. The van der Waals surface area contributed by atoms with Crippen molar-refractivity contribution in [3.63, 3.8) is 0 Å². The lowest BCUT2D eigenvalue weighted by Gasteiger charge is -2.35. The Morgan fingerprint density at radius 3 is 2.00 bits per heavy atom. The predicted molar refractivity (Wildman–Crippen MR) is 96.6 cm³/mol. The lowest BCUT2D eigenvalue weighted by atomic mass is 10.2. The van der Waals surface area contributed by atoms with Crippen molar-refractivity contribution >= 4 is 38.3 Å². The summed E-state index contributed by atoms with van der Waals surface area (Å²) in [6, 6.07) is 17.1. The van der Waals surface area contributed by atoms with E-state index in [1.54, 1.807) is 16.4 Å². The number of para-hydroxylation sites is 1. The van der Waals surface area contributed by atoms with Crippen LogP contribution in [0, 0.1) is 3.57 Å². The van der Waals surface area contributed by atoms with E-state index in [1.165, 1.54) is 0 Å². The Hall–Kier alpha value is -1.12. The van der Waals surface area contributed by atoms with Gasteiger partial charge >= 0.3 is 0 Å². The van der Waals surface area contributed by atoms with E-state index in [4.69, 9.17) is 0 Å². The summed E-state index contributed by atoms with van der Waals surface area (Å²) < 4.78 is 27.9. The zero-order valence-electron chi connectivity index (χ0n) is 12.0. The molecule has 22 heavy (non-hydrogen) atoms. The Morgan fingerprint density at radius 2 is 1.41 bits per heavy atom. The summed E-state index contributed by atoms with van der Waals surface area (Å²) in [7, 11) is -3.38. The minimum absolute atomic E-state index is 0.376. The molecule has 1 aliphatic rings. The molecule has 0 radical (unpaired) electrons. The lowest BCUT2D eigenvalue weighted by molar-refractivity contribution is 0.385. The highest BCUT2D eigenvalue weighted by Crippen LogP contribution is 2.21. The number of halogens is 1. The first-order valence-electron chi connectivity index (χ1n) is 7.13. The molecule has 2 aromatic carbocycles. The van der Waals surface area contributed by atoms with Gasteiger partial charge in [-0.3, -0.25) is 0 Å². The summed E-state index contributed by atoms with van der Waals surface area (Å²) in [6.07, 6.45) is 0. The summed E-state index contributed by atoms with van der Waals surface area (Å²) in [6.45, 7) is 2.47. The van der Waals surface area contributed by atoms with Crippen molar-refractivity contribution < 1.29 is 8.42 Å². The van der Waals surface area contributed by atoms with Crippen molar-refractivity contribution in [2.45, 2.75) is 4.90 Å². The molecule has 0 bridgehead atoms. The van der Waals surface area contributed by atoms with Gasteiger partial charge in [0.2, 0.25) is 10.0 Å². The standard InChI is InChI=1S/C16H17IN2O2S/c17-14-6-8-16(9-7-14)22(20,21)19-12-10-18(11-13-19)15-4-2-1-3-5-15/h1-9H,10-13H2. The zero-order chi connectivity index (χ0) is 15.6. The second-order valence-electron chi connectivity index (χ2n) is 5.18. The zero-order valence-corrected chi connectivity index (χ0v) is 15.0. The Labute approximate surface area is 144 Å². The Bertz CT molecular complexity index is 725. The van der Waals surface area contributed by atoms with Gasteiger partial charge in [0.15, 0.2) is 0 Å². The number of sulfonamides is 1. The maximum absolute atomic E-state index is 12.6. The number of nitrogens with zero attached hydrogens (tertiary/aromatic N) is 2. The monoisotopic (exact) mass is 428 g/mol. The van der Waals surface area contributed by atoms with Gasteiger partial charge in [-0.1, -0.05) is 18.2 Å². The van der Waals surface area contributed by atoms with Crippen LogP contribution in [0.5, 0.6) is 0 Å². The van der Waals surface area contributed by atoms with Crippen LogP contribution in [0.15, 0.2) is 59.5 Å². The van der Waals surface area contributed by atoms with Crippen molar-refractivity contribution in [1.29, 1.82) is 0 Å². The van der Waals surface area contributed by atoms with Crippen LogP contribution >= 0.6 is 22.6 Å². The second-order valence-corrected chi connectivity index (χ2v) is 8.36. The fraction of sp³-hybridized carbons (Fsp3) is 0.250. The van der Waals surface area contributed by atoms with E-state index in [9.17, 15) is 8.42 Å². The normalized spacial score (nSPS) is 16.7. The van der Waals surface area contributed by atoms with Crippen LogP contribution in [0.25, 0.3) is 0 Å². The average Bonchev–Trinajstić information content (AvgIpc) is 2.56. The van der Waals surface area contributed by atoms with Crippen LogP contribution < -0.4 is 4.90 Å². The molecule has 0 aromatic heterocycles. The molecule has 0 atom stereocenters. The van der Waals surface area contributed by atoms with E-state index in [0.29, 0.717) is 31.1 Å². The van der Waals surface area contributed by atoms with Gasteiger partial charge in [-0.25, -0.2) is 8.42 Å². The van der Waals surface area contributed by atoms with Crippen LogP contribution in [-0.2, 0) is 10.0 Å². The molecule has 4 nitrogen and oxygen atoms in total. The van der Waals surface area contributed by atoms with Crippen LogP contribution in [0.3, 0.4) is 0 Å². The molecular weight excluding hydrogens is 411 g/mol. The topological polar surface area (TPSA) is 40.6 Å². The van der Waals surface area contributed by atoms with E-state index in [2.05, 4.69) is 39.6 Å². The molecule has 0 saturated carbocycles. The Morgan fingerprint density at radius 1 is 0.818 bits per heavy atom. The first kappa shape index (κ1) is 15.8. The maximum atomic E-state index is 12.6. The Kier molecular flexibility index (Phi) is 4.70. The molecule has 1 aliphatic heterocycles. The molecular formula is C16H17IN2O2S. The number of hydrogen-bond acceptors (Lipinski definition) is 3. The molecule has 0 spiro atoms. The quantitative estimate of drug-likeness (QED) is 0.707. The molecule has 0 aliphatic carbocycles. The Balaban J connectivity index is 1.72. The summed E-state index contributed by atoms with van der Waals surface area (Å²) in [5.41, 5.74) is 1.15. The van der Waals surface area contributed by atoms with Gasteiger partial charge in [0.25, 0.3) is 0 Å². The van der Waals surface area contributed by atoms with Crippen LogP contribution in [-0.4, -0.2) is 38.9 Å². The third kappa shape index (κ3) is 3.28. The van der Waals surface area contributed by atoms with Gasteiger partial charge in [0.1, 0.15) is 0 Å². The van der Waals surface area contributed by atoms with Crippen molar-refractivity contribution in [2.75, 3.05) is 31.1 Å².